The quantitative estimate of drug-likeness (QED) is 0.597. The summed E-state index contributed by atoms with van der Waals surface area (Å²) in [7, 11) is -4.45. The van der Waals surface area contributed by atoms with E-state index in [4.69, 9.17) is 13.6 Å². The lowest BCUT2D eigenvalue weighted by atomic mass is 10.1. The number of alkyl halides is 1. The monoisotopic (exact) mass is 488 g/mol. The summed E-state index contributed by atoms with van der Waals surface area (Å²) in [5.41, 5.74) is -0.889. The molecule has 0 radical (unpaired) electrons. The first-order chi connectivity index (χ1) is 14.3. The number of hydrogen-bond donors (Lipinski definition) is 1. The van der Waals surface area contributed by atoms with Crippen molar-refractivity contribution in [2.75, 3.05) is 6.61 Å². The third-order valence-electron chi connectivity index (χ3n) is 7.34. The predicted molar refractivity (Wildman–Crippen MR) is 130 cm³/mol. The molecule has 0 spiro atoms. The molecule has 2 heterocycles. The molecule has 1 N–H and O–H groups in total. The van der Waals surface area contributed by atoms with Gasteiger partial charge in [-0.2, -0.15) is 0 Å². The summed E-state index contributed by atoms with van der Waals surface area (Å²) in [6, 6.07) is 0. The molecule has 184 valence electrons. The maximum absolute atomic E-state index is 15.8. The summed E-state index contributed by atoms with van der Waals surface area (Å²) in [5, 5.41) is -0.135. The van der Waals surface area contributed by atoms with Gasteiger partial charge in [0.1, 0.15) is 12.2 Å². The summed E-state index contributed by atoms with van der Waals surface area (Å²) < 4.78 is 35.9. The zero-order valence-corrected chi connectivity index (χ0v) is 23.5. The molecule has 1 aliphatic heterocycles. The highest BCUT2D eigenvalue weighted by Gasteiger charge is 2.52. The lowest BCUT2D eigenvalue weighted by molar-refractivity contribution is -0.0456. The van der Waals surface area contributed by atoms with Crippen LogP contribution in [0.25, 0.3) is 0 Å². The van der Waals surface area contributed by atoms with Gasteiger partial charge in [0.15, 0.2) is 29.0 Å². The number of aromatic amines is 1. The maximum Gasteiger partial charge on any atom is 0.330 e. The van der Waals surface area contributed by atoms with Crippen molar-refractivity contribution in [3.8, 4) is 0 Å². The molecule has 2 unspecified atom stereocenters. The molecule has 4 atom stereocenters. The number of halogens is 1. The van der Waals surface area contributed by atoms with Crippen molar-refractivity contribution in [3.63, 3.8) is 0 Å². The van der Waals surface area contributed by atoms with Crippen molar-refractivity contribution in [1.29, 1.82) is 0 Å². The Morgan fingerprint density at radius 1 is 1.06 bits per heavy atom. The first-order valence-electron chi connectivity index (χ1n) is 11.2. The largest absolute Gasteiger partial charge is 0.414 e. The smallest absolute Gasteiger partial charge is 0.330 e. The molecule has 1 saturated heterocycles. The molecule has 10 heteroatoms. The Kier molecular flexibility index (Phi) is 7.59. The van der Waals surface area contributed by atoms with E-state index in [1.54, 1.807) is 6.92 Å². The summed E-state index contributed by atoms with van der Waals surface area (Å²) in [5.74, 6) is 0. The van der Waals surface area contributed by atoms with E-state index in [0.717, 1.165) is 4.57 Å². The SMILES string of the molecule is Cc1cn([C@H]2O[C@@H](CO[Si](C)(C)C(C)(C)C)C(O[Si](C)(C)C(C)(C)C)C2F)c(=O)[nH]c1=O. The minimum Gasteiger partial charge on any atom is -0.414 e. The molecule has 0 bridgehead atoms. The number of ether oxygens (including phenoxy) is 1. The van der Waals surface area contributed by atoms with Crippen LogP contribution in [0.3, 0.4) is 0 Å². The van der Waals surface area contributed by atoms with Gasteiger partial charge in [-0.15, -0.1) is 0 Å². The summed E-state index contributed by atoms with van der Waals surface area (Å²) in [6.07, 6.45) is -2.97. The van der Waals surface area contributed by atoms with Crippen molar-refractivity contribution < 1.29 is 18.0 Å². The highest BCUT2D eigenvalue weighted by atomic mass is 28.4. The molecule has 0 aliphatic carbocycles. The lowest BCUT2D eigenvalue weighted by Crippen LogP contribution is -2.50. The van der Waals surface area contributed by atoms with Gasteiger partial charge >= 0.3 is 5.69 Å². The van der Waals surface area contributed by atoms with Crippen LogP contribution in [-0.2, 0) is 13.6 Å². The van der Waals surface area contributed by atoms with Crippen LogP contribution in [0.2, 0.25) is 36.3 Å². The van der Waals surface area contributed by atoms with E-state index in [1.165, 1.54) is 6.20 Å². The van der Waals surface area contributed by atoms with Gasteiger partial charge in [-0.1, -0.05) is 41.5 Å². The van der Waals surface area contributed by atoms with Crippen LogP contribution in [-0.4, -0.2) is 51.2 Å². The highest BCUT2D eigenvalue weighted by Crippen LogP contribution is 2.43. The van der Waals surface area contributed by atoms with Gasteiger partial charge in [0.25, 0.3) is 5.56 Å². The normalized spacial score (nSPS) is 25.4. The molecular formula is C22H41FN2O5Si2. The van der Waals surface area contributed by atoms with Gasteiger partial charge in [0.2, 0.25) is 0 Å². The standard InChI is InChI=1S/C22H41FN2O5Si2/c1-14-12-25(20(27)24-18(14)26)19-16(23)17(30-32(10,11)22(5,6)7)15(29-19)13-28-31(8,9)21(2,3)4/h12,15-17,19H,13H2,1-11H3,(H,24,26,27)/t15-,16?,17?,19-/m0/s1. The molecular weight excluding hydrogens is 447 g/mol. The van der Waals surface area contributed by atoms with Crippen molar-refractivity contribution in [1.82, 2.24) is 9.55 Å². The van der Waals surface area contributed by atoms with Crippen LogP contribution in [0, 0.1) is 6.92 Å². The van der Waals surface area contributed by atoms with Crippen LogP contribution in [0.15, 0.2) is 15.8 Å². The minimum atomic E-state index is -2.34. The first kappa shape index (κ1) is 27.2. The van der Waals surface area contributed by atoms with Crippen molar-refractivity contribution in [2.24, 2.45) is 0 Å². The molecule has 1 aromatic rings. The van der Waals surface area contributed by atoms with E-state index in [2.05, 4.69) is 72.7 Å². The second kappa shape index (κ2) is 8.94. The molecule has 0 saturated carbocycles. The Hall–Kier alpha value is -1.08. The molecule has 7 nitrogen and oxygen atoms in total. The van der Waals surface area contributed by atoms with Gasteiger partial charge in [0, 0.05) is 11.8 Å². The fourth-order valence-electron chi connectivity index (χ4n) is 2.99. The van der Waals surface area contributed by atoms with Crippen LogP contribution < -0.4 is 11.2 Å². The molecule has 2 rings (SSSR count). The topological polar surface area (TPSA) is 82.6 Å². The Morgan fingerprint density at radius 3 is 2.09 bits per heavy atom. The van der Waals surface area contributed by atoms with Gasteiger partial charge in [-0.3, -0.25) is 14.3 Å². The highest BCUT2D eigenvalue weighted by molar-refractivity contribution is 6.74. The van der Waals surface area contributed by atoms with Crippen molar-refractivity contribution in [2.45, 2.75) is 109 Å². The van der Waals surface area contributed by atoms with Gasteiger partial charge < -0.3 is 13.6 Å². The van der Waals surface area contributed by atoms with Gasteiger partial charge in [-0.25, -0.2) is 9.18 Å². The van der Waals surface area contributed by atoms with Crippen LogP contribution in [0.4, 0.5) is 4.39 Å². The number of aromatic nitrogens is 2. The van der Waals surface area contributed by atoms with E-state index in [-0.39, 0.29) is 16.7 Å². The van der Waals surface area contributed by atoms with Gasteiger partial charge in [-0.05, 0) is 43.2 Å². The van der Waals surface area contributed by atoms with E-state index in [1.807, 2.05) is 0 Å². The minimum absolute atomic E-state index is 0.0110. The zero-order valence-electron chi connectivity index (χ0n) is 21.5. The Bertz CT molecular complexity index is 930. The van der Waals surface area contributed by atoms with Gasteiger partial charge in [0.05, 0.1) is 6.61 Å². The lowest BCUT2D eigenvalue weighted by Gasteiger charge is -2.40. The zero-order chi connectivity index (χ0) is 24.9. The molecule has 1 fully saturated rings. The number of nitrogens with zero attached hydrogens (tertiary/aromatic N) is 1. The number of hydrogen-bond acceptors (Lipinski definition) is 5. The average Bonchev–Trinajstić information content (AvgIpc) is 2.90. The molecule has 1 aliphatic rings. The second-order valence-electron chi connectivity index (χ2n) is 11.9. The van der Waals surface area contributed by atoms with Crippen LogP contribution in [0.5, 0.6) is 0 Å². The first-order valence-corrected chi connectivity index (χ1v) is 17.0. The molecule has 32 heavy (non-hydrogen) atoms. The number of aryl methyl sites for hydroxylation is 1. The number of nitrogens with one attached hydrogen (secondary N) is 1. The Balaban J connectivity index is 2.41. The molecule has 1 aromatic heterocycles. The van der Waals surface area contributed by atoms with Crippen LogP contribution in [0.1, 0.15) is 53.3 Å². The molecule has 0 amide bonds. The van der Waals surface area contributed by atoms with E-state index >= 15 is 4.39 Å². The summed E-state index contributed by atoms with van der Waals surface area (Å²) in [4.78, 5) is 26.5. The third kappa shape index (κ3) is 5.52. The second-order valence-corrected chi connectivity index (χ2v) is 21.5. The Morgan fingerprint density at radius 2 is 1.59 bits per heavy atom. The number of rotatable bonds is 6. The Labute approximate surface area is 192 Å². The van der Waals surface area contributed by atoms with Crippen molar-refractivity contribution >= 4 is 16.6 Å². The average molecular weight is 489 g/mol. The van der Waals surface area contributed by atoms with E-state index in [0.29, 0.717) is 5.56 Å². The fraction of sp³-hybridized carbons (Fsp3) is 0.818. The number of H-pyrrole nitrogens is 1. The predicted octanol–water partition coefficient (Wildman–Crippen LogP) is 4.49. The van der Waals surface area contributed by atoms with Crippen LogP contribution >= 0.6 is 0 Å². The fourth-order valence-corrected chi connectivity index (χ4v) is 5.32. The van der Waals surface area contributed by atoms with E-state index in [9.17, 15) is 9.59 Å². The third-order valence-corrected chi connectivity index (χ3v) is 16.3. The van der Waals surface area contributed by atoms with E-state index < -0.39 is 52.5 Å². The summed E-state index contributed by atoms with van der Waals surface area (Å²) in [6.45, 7) is 22.8. The summed E-state index contributed by atoms with van der Waals surface area (Å²) >= 11 is 0. The van der Waals surface area contributed by atoms with Crippen molar-refractivity contribution in [3.05, 3.63) is 32.6 Å². The maximum atomic E-state index is 15.8. The molecule has 0 aromatic carbocycles.